The molecule has 3 aliphatic rings. The number of pyridine rings is 1. The van der Waals surface area contributed by atoms with Gasteiger partial charge in [-0.1, -0.05) is 43.2 Å². The minimum Gasteiger partial charge on any atom is -0.396 e. The number of aliphatic hydroxyl groups excluding tert-OH is 1. The Bertz CT molecular complexity index is 1120. The van der Waals surface area contributed by atoms with E-state index < -0.39 is 17.9 Å². The first-order chi connectivity index (χ1) is 15.9. The van der Waals surface area contributed by atoms with Crippen LogP contribution in [0.4, 0.5) is 0 Å². The van der Waals surface area contributed by atoms with Crippen LogP contribution in [-0.4, -0.2) is 58.0 Å². The molecule has 4 atom stereocenters. The molecule has 2 aromatic rings. The van der Waals surface area contributed by atoms with Crippen molar-refractivity contribution < 1.29 is 14.7 Å². The molecule has 1 N–H and O–H groups in total. The number of hydrogen-bond acceptors (Lipinski definition) is 4. The number of aromatic nitrogens is 1. The van der Waals surface area contributed by atoms with Crippen LogP contribution >= 0.6 is 0 Å². The number of hydrogen-bond donors (Lipinski definition) is 1. The summed E-state index contributed by atoms with van der Waals surface area (Å²) in [6.07, 6.45) is 3.81. The molecule has 3 heterocycles. The molecule has 0 spiro atoms. The third-order valence-corrected chi connectivity index (χ3v) is 7.81. The molecule has 174 valence electrons. The first kappa shape index (κ1) is 21.9. The Morgan fingerprint density at radius 3 is 2.39 bits per heavy atom. The predicted octanol–water partition coefficient (Wildman–Crippen LogP) is 2.28. The van der Waals surface area contributed by atoms with Crippen molar-refractivity contribution in [1.29, 1.82) is 0 Å². The van der Waals surface area contributed by atoms with E-state index in [2.05, 4.69) is 0 Å². The van der Waals surface area contributed by atoms with Crippen molar-refractivity contribution >= 4 is 11.8 Å². The molecule has 1 saturated carbocycles. The van der Waals surface area contributed by atoms with E-state index in [4.69, 9.17) is 0 Å². The second-order valence-electron chi connectivity index (χ2n) is 9.80. The van der Waals surface area contributed by atoms with Crippen molar-refractivity contribution in [2.45, 2.75) is 44.3 Å². The SMILES string of the molecule is CN(C)C(=O)[C@@H]1[C@@H](CO)[C@@H]2Cn3c(ccc(-c4ccccc4)c3=O)[C@H]1N2C(=O)C1CCCC1. The van der Waals surface area contributed by atoms with Crippen molar-refractivity contribution in [2.24, 2.45) is 17.8 Å². The maximum atomic E-state index is 13.7. The highest BCUT2D eigenvalue weighted by atomic mass is 16.3. The Morgan fingerprint density at radius 1 is 1.06 bits per heavy atom. The number of fused-ring (bicyclic) bond motifs is 4. The molecule has 7 heteroatoms. The van der Waals surface area contributed by atoms with E-state index in [1.165, 1.54) is 4.90 Å². The van der Waals surface area contributed by atoms with Crippen LogP contribution in [0, 0.1) is 17.8 Å². The van der Waals surface area contributed by atoms with Crippen LogP contribution in [-0.2, 0) is 16.1 Å². The Hall–Kier alpha value is -2.93. The zero-order chi connectivity index (χ0) is 23.3. The molecule has 1 aromatic carbocycles. The van der Waals surface area contributed by atoms with E-state index in [0.29, 0.717) is 17.8 Å². The Kier molecular flexibility index (Phi) is 5.60. The van der Waals surface area contributed by atoms with Crippen molar-refractivity contribution in [2.75, 3.05) is 20.7 Å². The smallest absolute Gasteiger partial charge is 0.258 e. The van der Waals surface area contributed by atoms with E-state index in [0.717, 1.165) is 31.2 Å². The summed E-state index contributed by atoms with van der Waals surface area (Å²) in [6, 6.07) is 12.3. The zero-order valence-corrected chi connectivity index (χ0v) is 19.2. The van der Waals surface area contributed by atoms with Crippen LogP contribution in [0.2, 0.25) is 0 Å². The molecule has 2 fully saturated rings. The predicted molar refractivity (Wildman–Crippen MR) is 124 cm³/mol. The fourth-order valence-electron chi connectivity index (χ4n) is 6.21. The van der Waals surface area contributed by atoms with Gasteiger partial charge in [0.15, 0.2) is 0 Å². The average molecular weight is 450 g/mol. The van der Waals surface area contributed by atoms with E-state index in [1.807, 2.05) is 47.4 Å². The van der Waals surface area contributed by atoms with E-state index in [9.17, 15) is 19.5 Å². The van der Waals surface area contributed by atoms with Gasteiger partial charge in [0.2, 0.25) is 11.8 Å². The third-order valence-electron chi connectivity index (χ3n) is 7.81. The standard InChI is InChI=1S/C26H31N3O4/c1-27(2)26(33)22-19(15-30)21-14-28-20(23(22)29(21)24(31)17-10-6-7-11-17)13-12-18(25(28)32)16-8-4-3-5-9-16/h3-5,8-9,12-13,17,19,21-23,30H,6-7,10-11,14-15H2,1-2H3/t19-,21-,22+,23+/m0/s1. The molecule has 0 unspecified atom stereocenters. The molecular weight excluding hydrogens is 418 g/mol. The number of rotatable bonds is 4. The lowest BCUT2D eigenvalue weighted by Crippen LogP contribution is -2.50. The van der Waals surface area contributed by atoms with Gasteiger partial charge in [-0.05, 0) is 30.5 Å². The highest BCUT2D eigenvalue weighted by Gasteiger charge is 2.58. The van der Waals surface area contributed by atoms with Crippen molar-refractivity contribution in [3.8, 4) is 11.1 Å². The zero-order valence-electron chi connectivity index (χ0n) is 19.2. The maximum absolute atomic E-state index is 13.7. The minimum absolute atomic E-state index is 0.0376. The summed E-state index contributed by atoms with van der Waals surface area (Å²) in [7, 11) is 3.40. The number of nitrogens with zero attached hydrogens (tertiary/aromatic N) is 3. The highest BCUT2D eigenvalue weighted by Crippen LogP contribution is 2.50. The molecule has 2 aliphatic heterocycles. The van der Waals surface area contributed by atoms with Crippen LogP contribution in [0.3, 0.4) is 0 Å². The Balaban J connectivity index is 1.65. The first-order valence-corrected chi connectivity index (χ1v) is 11.9. The van der Waals surface area contributed by atoms with Gasteiger partial charge < -0.3 is 19.5 Å². The van der Waals surface area contributed by atoms with Crippen molar-refractivity contribution in [3.05, 3.63) is 58.5 Å². The number of amides is 2. The van der Waals surface area contributed by atoms with Gasteiger partial charge in [0.1, 0.15) is 0 Å². The van der Waals surface area contributed by atoms with Crippen molar-refractivity contribution in [3.63, 3.8) is 0 Å². The fraction of sp³-hybridized carbons (Fsp3) is 0.500. The van der Waals surface area contributed by atoms with E-state index in [1.54, 1.807) is 18.7 Å². The second kappa shape index (κ2) is 8.45. The number of aliphatic hydroxyl groups is 1. The largest absolute Gasteiger partial charge is 0.396 e. The lowest BCUT2D eigenvalue weighted by atomic mass is 9.86. The topological polar surface area (TPSA) is 82.8 Å². The highest BCUT2D eigenvalue weighted by molar-refractivity contribution is 5.85. The molecule has 1 saturated heterocycles. The monoisotopic (exact) mass is 449 g/mol. The van der Waals surface area contributed by atoms with Crippen molar-refractivity contribution in [1.82, 2.24) is 14.4 Å². The molecule has 0 radical (unpaired) electrons. The van der Waals surface area contributed by atoms with Gasteiger partial charge in [0, 0.05) is 50.3 Å². The van der Waals surface area contributed by atoms with Crippen LogP contribution in [0.15, 0.2) is 47.3 Å². The summed E-state index contributed by atoms with van der Waals surface area (Å²) in [5, 5.41) is 10.4. The Labute approximate surface area is 193 Å². The summed E-state index contributed by atoms with van der Waals surface area (Å²) in [5.41, 5.74) is 2.02. The van der Waals surface area contributed by atoms with Crippen LogP contribution in [0.5, 0.6) is 0 Å². The van der Waals surface area contributed by atoms with Gasteiger partial charge in [-0.15, -0.1) is 0 Å². The van der Waals surface area contributed by atoms with E-state index in [-0.39, 0.29) is 35.9 Å². The number of carbonyl (C=O) groups is 2. The molecule has 5 rings (SSSR count). The van der Waals surface area contributed by atoms with E-state index >= 15 is 0 Å². The summed E-state index contributed by atoms with van der Waals surface area (Å²) >= 11 is 0. The molecule has 7 nitrogen and oxygen atoms in total. The average Bonchev–Trinajstić information content (AvgIpc) is 3.44. The molecule has 2 bridgehead atoms. The van der Waals surface area contributed by atoms with Gasteiger partial charge in [0.05, 0.1) is 18.0 Å². The second-order valence-corrected chi connectivity index (χ2v) is 9.80. The van der Waals surface area contributed by atoms with Crippen LogP contribution < -0.4 is 5.56 Å². The molecule has 2 amide bonds. The van der Waals surface area contributed by atoms with Crippen LogP contribution in [0.25, 0.3) is 11.1 Å². The normalized spacial score (nSPS) is 26.3. The first-order valence-electron chi connectivity index (χ1n) is 11.9. The lowest BCUT2D eigenvalue weighted by molar-refractivity contribution is -0.141. The number of benzene rings is 1. The fourth-order valence-corrected chi connectivity index (χ4v) is 6.21. The maximum Gasteiger partial charge on any atom is 0.258 e. The lowest BCUT2D eigenvalue weighted by Gasteiger charge is -2.39. The Morgan fingerprint density at radius 2 is 1.76 bits per heavy atom. The summed E-state index contributed by atoms with van der Waals surface area (Å²) < 4.78 is 1.74. The van der Waals surface area contributed by atoms with Gasteiger partial charge in [-0.3, -0.25) is 14.4 Å². The molecule has 1 aromatic heterocycles. The summed E-state index contributed by atoms with van der Waals surface area (Å²) in [4.78, 5) is 44.0. The molecule has 33 heavy (non-hydrogen) atoms. The number of carbonyl (C=O) groups excluding carboxylic acids is 2. The molecular formula is C26H31N3O4. The van der Waals surface area contributed by atoms with Gasteiger partial charge in [0.25, 0.3) is 5.56 Å². The van der Waals surface area contributed by atoms with Crippen LogP contribution in [0.1, 0.15) is 37.4 Å². The van der Waals surface area contributed by atoms with Gasteiger partial charge in [-0.25, -0.2) is 0 Å². The quantitative estimate of drug-likeness (QED) is 0.776. The summed E-state index contributed by atoms with van der Waals surface area (Å²) in [6.45, 7) is 0.0976. The van der Waals surface area contributed by atoms with Gasteiger partial charge in [-0.2, -0.15) is 0 Å². The minimum atomic E-state index is -0.573. The van der Waals surface area contributed by atoms with Gasteiger partial charge >= 0.3 is 0 Å². The summed E-state index contributed by atoms with van der Waals surface area (Å²) in [5.74, 6) is -1.06. The third kappa shape index (κ3) is 3.41. The molecule has 1 aliphatic carbocycles.